The van der Waals surface area contributed by atoms with Crippen molar-refractivity contribution in [3.05, 3.63) is 54.1 Å². The molecule has 3 amide bonds. The number of methoxy groups -OCH3 is 1. The Kier molecular flexibility index (Phi) is 8.04. The molecule has 2 aromatic carbocycles. The predicted octanol–water partition coefficient (Wildman–Crippen LogP) is 2.66. The van der Waals surface area contributed by atoms with Gasteiger partial charge in [-0.1, -0.05) is 12.1 Å². The molecule has 0 spiro atoms. The minimum absolute atomic E-state index is 0.152. The van der Waals surface area contributed by atoms with Crippen LogP contribution in [0.25, 0.3) is 0 Å². The number of benzene rings is 2. The number of hydrogen-bond acceptors (Lipinski definition) is 6. The molecule has 1 fully saturated rings. The first-order valence-electron chi connectivity index (χ1n) is 10.5. The number of rotatable bonds is 7. The number of para-hydroxylation sites is 2. The fraction of sp³-hybridized carbons (Fsp3) is 0.348. The van der Waals surface area contributed by atoms with Crippen molar-refractivity contribution in [3.8, 4) is 5.75 Å². The molecule has 0 unspecified atom stereocenters. The van der Waals surface area contributed by atoms with Crippen molar-refractivity contribution in [3.63, 3.8) is 0 Å². The largest absolute Gasteiger partial charge is 0.495 e. The van der Waals surface area contributed by atoms with E-state index in [0.29, 0.717) is 55.5 Å². The number of nitrogens with one attached hydrogen (secondary N) is 2. The Bertz CT molecular complexity index is 940. The van der Waals surface area contributed by atoms with Crippen molar-refractivity contribution in [1.29, 1.82) is 0 Å². The van der Waals surface area contributed by atoms with Gasteiger partial charge in [-0.25, -0.2) is 4.79 Å². The van der Waals surface area contributed by atoms with Crippen LogP contribution in [0.15, 0.2) is 48.5 Å². The van der Waals surface area contributed by atoms with Crippen LogP contribution >= 0.6 is 0 Å². The third kappa shape index (κ3) is 6.21. The second-order valence-electron chi connectivity index (χ2n) is 7.24. The number of carbonyl (C=O) groups is 3. The molecule has 32 heavy (non-hydrogen) atoms. The summed E-state index contributed by atoms with van der Waals surface area (Å²) in [5, 5.41) is 5.66. The normalized spacial score (nSPS) is 13.9. The fourth-order valence-electron chi connectivity index (χ4n) is 3.35. The summed E-state index contributed by atoms with van der Waals surface area (Å²) in [4.78, 5) is 40.3. The van der Waals surface area contributed by atoms with Crippen LogP contribution in [0.4, 0.5) is 16.2 Å². The first-order valence-corrected chi connectivity index (χ1v) is 10.5. The Morgan fingerprint density at radius 3 is 2.28 bits per heavy atom. The number of hydrogen-bond donors (Lipinski definition) is 2. The highest BCUT2D eigenvalue weighted by Crippen LogP contribution is 2.23. The molecule has 2 aromatic rings. The van der Waals surface area contributed by atoms with Gasteiger partial charge in [0.05, 0.1) is 25.9 Å². The first-order chi connectivity index (χ1) is 15.5. The van der Waals surface area contributed by atoms with Crippen LogP contribution in [0.3, 0.4) is 0 Å². The van der Waals surface area contributed by atoms with E-state index in [-0.39, 0.29) is 24.5 Å². The smallest absolute Gasteiger partial charge is 0.409 e. The maximum atomic E-state index is 12.5. The van der Waals surface area contributed by atoms with E-state index < -0.39 is 0 Å². The lowest BCUT2D eigenvalue weighted by Gasteiger charge is -2.33. The molecule has 0 saturated carbocycles. The summed E-state index contributed by atoms with van der Waals surface area (Å²) in [5.74, 6) is 0.153. The molecule has 1 aliphatic rings. The molecule has 1 heterocycles. The molecular formula is C23H28N4O5. The monoisotopic (exact) mass is 440 g/mol. The third-order valence-electron chi connectivity index (χ3n) is 5.05. The highest BCUT2D eigenvalue weighted by atomic mass is 16.6. The second-order valence-corrected chi connectivity index (χ2v) is 7.24. The van der Waals surface area contributed by atoms with Crippen molar-refractivity contribution in [2.24, 2.45) is 0 Å². The molecule has 0 radical (unpaired) electrons. The lowest BCUT2D eigenvalue weighted by Crippen LogP contribution is -2.50. The number of amides is 3. The molecule has 0 atom stereocenters. The summed E-state index contributed by atoms with van der Waals surface area (Å²) in [6, 6.07) is 13.8. The molecule has 3 rings (SSSR count). The molecule has 0 aliphatic carbocycles. The van der Waals surface area contributed by atoms with Gasteiger partial charge in [-0.2, -0.15) is 0 Å². The van der Waals surface area contributed by atoms with Crippen LogP contribution in [0, 0.1) is 0 Å². The minimum Gasteiger partial charge on any atom is -0.495 e. The lowest BCUT2D eigenvalue weighted by atomic mass is 10.2. The van der Waals surface area contributed by atoms with Gasteiger partial charge in [-0.15, -0.1) is 0 Å². The molecule has 1 aliphatic heterocycles. The van der Waals surface area contributed by atoms with Crippen LogP contribution in [0.1, 0.15) is 17.3 Å². The SMILES string of the molecule is CCOC(=O)N1CCN(CC(=O)Nc2ccc(C(=O)Nc3ccccc3OC)cc2)CC1. The molecular weight excluding hydrogens is 412 g/mol. The van der Waals surface area contributed by atoms with Gasteiger partial charge in [-0.05, 0) is 43.3 Å². The van der Waals surface area contributed by atoms with Crippen molar-refractivity contribution >= 4 is 29.3 Å². The Labute approximate surface area is 187 Å². The van der Waals surface area contributed by atoms with Crippen molar-refractivity contribution in [2.45, 2.75) is 6.92 Å². The molecule has 2 N–H and O–H groups in total. The molecule has 9 heteroatoms. The van der Waals surface area contributed by atoms with Gasteiger partial charge in [0, 0.05) is 37.4 Å². The third-order valence-corrected chi connectivity index (χ3v) is 5.05. The van der Waals surface area contributed by atoms with Gasteiger partial charge in [0.15, 0.2) is 0 Å². The Morgan fingerprint density at radius 2 is 1.62 bits per heavy atom. The Balaban J connectivity index is 1.47. The molecule has 170 valence electrons. The molecule has 0 bridgehead atoms. The Morgan fingerprint density at radius 1 is 0.938 bits per heavy atom. The highest BCUT2D eigenvalue weighted by molar-refractivity contribution is 6.05. The zero-order valence-corrected chi connectivity index (χ0v) is 18.3. The average molecular weight is 441 g/mol. The summed E-state index contributed by atoms with van der Waals surface area (Å²) in [6.07, 6.45) is -0.313. The van der Waals surface area contributed by atoms with Crippen LogP contribution in [0.2, 0.25) is 0 Å². The highest BCUT2D eigenvalue weighted by Gasteiger charge is 2.23. The fourth-order valence-corrected chi connectivity index (χ4v) is 3.35. The maximum Gasteiger partial charge on any atom is 0.409 e. The number of carbonyl (C=O) groups excluding carboxylic acids is 3. The van der Waals surface area contributed by atoms with Gasteiger partial charge in [-0.3, -0.25) is 14.5 Å². The number of ether oxygens (including phenoxy) is 2. The summed E-state index contributed by atoms with van der Waals surface area (Å²) in [7, 11) is 1.54. The van der Waals surface area contributed by atoms with Crippen molar-refractivity contribution in [1.82, 2.24) is 9.80 Å². The summed E-state index contributed by atoms with van der Waals surface area (Å²) >= 11 is 0. The van der Waals surface area contributed by atoms with Gasteiger partial charge >= 0.3 is 6.09 Å². The van der Waals surface area contributed by atoms with E-state index >= 15 is 0 Å². The van der Waals surface area contributed by atoms with E-state index in [0.717, 1.165) is 0 Å². The number of anilines is 2. The lowest BCUT2D eigenvalue weighted by molar-refractivity contribution is -0.117. The van der Waals surface area contributed by atoms with E-state index in [1.165, 1.54) is 0 Å². The van der Waals surface area contributed by atoms with E-state index in [1.807, 2.05) is 17.0 Å². The van der Waals surface area contributed by atoms with Gasteiger partial charge < -0.3 is 25.0 Å². The average Bonchev–Trinajstić information content (AvgIpc) is 2.80. The van der Waals surface area contributed by atoms with Crippen LogP contribution in [0.5, 0.6) is 5.75 Å². The quantitative estimate of drug-likeness (QED) is 0.687. The van der Waals surface area contributed by atoms with Crippen molar-refractivity contribution < 1.29 is 23.9 Å². The summed E-state index contributed by atoms with van der Waals surface area (Å²) in [5.41, 5.74) is 1.65. The number of piperazine rings is 1. The molecule has 9 nitrogen and oxygen atoms in total. The van der Waals surface area contributed by atoms with Crippen LogP contribution in [-0.2, 0) is 9.53 Å². The van der Waals surface area contributed by atoms with E-state index in [4.69, 9.17) is 9.47 Å². The van der Waals surface area contributed by atoms with Crippen LogP contribution in [-0.4, -0.2) is 74.1 Å². The van der Waals surface area contributed by atoms with Crippen LogP contribution < -0.4 is 15.4 Å². The minimum atomic E-state index is -0.313. The van der Waals surface area contributed by atoms with E-state index in [9.17, 15) is 14.4 Å². The zero-order valence-electron chi connectivity index (χ0n) is 18.3. The van der Waals surface area contributed by atoms with Gasteiger partial charge in [0.1, 0.15) is 5.75 Å². The first kappa shape index (κ1) is 23.1. The zero-order chi connectivity index (χ0) is 22.9. The molecule has 1 saturated heterocycles. The summed E-state index contributed by atoms with van der Waals surface area (Å²) in [6.45, 7) is 4.62. The maximum absolute atomic E-state index is 12.5. The van der Waals surface area contributed by atoms with E-state index in [1.54, 1.807) is 55.3 Å². The summed E-state index contributed by atoms with van der Waals surface area (Å²) < 4.78 is 10.2. The van der Waals surface area contributed by atoms with Gasteiger partial charge in [0.2, 0.25) is 5.91 Å². The van der Waals surface area contributed by atoms with Crippen molar-refractivity contribution in [2.75, 3.05) is 57.1 Å². The Hall–Kier alpha value is -3.59. The topological polar surface area (TPSA) is 100 Å². The second kappa shape index (κ2) is 11.1. The predicted molar refractivity (Wildman–Crippen MR) is 121 cm³/mol. The van der Waals surface area contributed by atoms with Gasteiger partial charge in [0.25, 0.3) is 5.91 Å². The van der Waals surface area contributed by atoms with E-state index in [2.05, 4.69) is 10.6 Å². The molecule has 0 aromatic heterocycles. The standard InChI is InChI=1S/C23H28N4O5/c1-3-32-23(30)27-14-12-26(13-15-27)16-21(28)24-18-10-8-17(9-11-18)22(29)25-19-6-4-5-7-20(19)31-2/h4-11H,3,12-16H2,1-2H3,(H,24,28)(H,25,29). The number of nitrogens with zero attached hydrogens (tertiary/aromatic N) is 2.